The van der Waals surface area contributed by atoms with Crippen molar-refractivity contribution in [3.8, 4) is 5.75 Å². The van der Waals surface area contributed by atoms with Gasteiger partial charge in [-0.25, -0.2) is 4.98 Å². The Morgan fingerprint density at radius 2 is 2.09 bits per heavy atom. The summed E-state index contributed by atoms with van der Waals surface area (Å²) in [5.74, 6) is 1.66. The normalized spacial score (nSPS) is 14.4. The third-order valence-corrected chi connectivity index (χ3v) is 3.42. The fourth-order valence-electron chi connectivity index (χ4n) is 2.21. The van der Waals surface area contributed by atoms with Crippen molar-refractivity contribution < 1.29 is 4.74 Å². The van der Waals surface area contributed by atoms with Crippen molar-refractivity contribution in [1.29, 1.82) is 0 Å². The molecule has 5 heteroatoms. The van der Waals surface area contributed by atoms with Gasteiger partial charge in [0.25, 0.3) is 0 Å². The summed E-state index contributed by atoms with van der Waals surface area (Å²) >= 11 is 0. The predicted molar refractivity (Wildman–Crippen MR) is 91.9 cm³/mol. The molecule has 0 bridgehead atoms. The first-order chi connectivity index (χ1) is 11.0. The van der Waals surface area contributed by atoms with Crippen LogP contribution >= 0.6 is 0 Å². The van der Waals surface area contributed by atoms with Gasteiger partial charge in [0, 0.05) is 18.6 Å². The number of ether oxygens (including phenoxy) is 1. The highest BCUT2D eigenvalue weighted by atomic mass is 16.5. The van der Waals surface area contributed by atoms with E-state index in [-0.39, 0.29) is 5.41 Å². The Morgan fingerprint density at radius 1 is 1.22 bits per heavy atom. The molecule has 0 unspecified atom stereocenters. The Balaban J connectivity index is 1.61. The average Bonchev–Trinajstić information content (AvgIpc) is 3.04. The zero-order chi connectivity index (χ0) is 16.3. The lowest BCUT2D eigenvalue weighted by molar-refractivity contribution is 0.197. The van der Waals surface area contributed by atoms with Gasteiger partial charge in [-0.1, -0.05) is 26.8 Å². The number of anilines is 1. The minimum absolute atomic E-state index is 0.137. The number of nitrogens with one attached hydrogen (secondary N) is 1. The van der Waals surface area contributed by atoms with Crippen LogP contribution in [0.1, 0.15) is 26.3 Å². The van der Waals surface area contributed by atoms with Crippen molar-refractivity contribution in [2.45, 2.75) is 20.8 Å². The largest absolute Gasteiger partial charge is 0.491 e. The molecule has 2 aromatic rings. The summed E-state index contributed by atoms with van der Waals surface area (Å²) < 4.78 is 5.76. The zero-order valence-corrected chi connectivity index (χ0v) is 13.8. The van der Waals surface area contributed by atoms with E-state index >= 15 is 0 Å². The van der Waals surface area contributed by atoms with Gasteiger partial charge in [-0.05, 0) is 34.8 Å². The third-order valence-electron chi connectivity index (χ3n) is 3.42. The molecule has 0 aliphatic carbocycles. The first-order valence-corrected chi connectivity index (χ1v) is 7.73. The number of aromatic nitrogens is 2. The van der Waals surface area contributed by atoms with Crippen LogP contribution in [0.4, 0.5) is 5.82 Å². The first kappa shape index (κ1) is 15.3. The molecule has 0 atom stereocenters. The number of hydrogen-bond acceptors (Lipinski definition) is 5. The minimum atomic E-state index is 0.137. The van der Waals surface area contributed by atoms with E-state index in [1.807, 2.05) is 35.6 Å². The Hall–Kier alpha value is -2.56. The van der Waals surface area contributed by atoms with Crippen LogP contribution in [0, 0.1) is 5.41 Å². The molecule has 1 aliphatic heterocycles. The van der Waals surface area contributed by atoms with Gasteiger partial charge in [-0.2, -0.15) is 0 Å². The lowest BCUT2D eigenvalue weighted by atomic mass is 9.99. The summed E-state index contributed by atoms with van der Waals surface area (Å²) in [6, 6.07) is 7.92. The number of hydrazine groups is 1. The SMILES string of the molecule is CC(C)(C)COc1ccc(N2CC(c3cccnc3)=CN2)nc1. The molecule has 0 amide bonds. The summed E-state index contributed by atoms with van der Waals surface area (Å²) in [5, 5.41) is 2.00. The minimum Gasteiger partial charge on any atom is -0.491 e. The van der Waals surface area contributed by atoms with Crippen LogP contribution in [0.2, 0.25) is 0 Å². The molecule has 3 rings (SSSR count). The van der Waals surface area contributed by atoms with E-state index < -0.39 is 0 Å². The fourth-order valence-corrected chi connectivity index (χ4v) is 2.21. The van der Waals surface area contributed by atoms with Gasteiger partial charge in [-0.15, -0.1) is 0 Å². The topological polar surface area (TPSA) is 50.3 Å². The molecule has 5 nitrogen and oxygen atoms in total. The quantitative estimate of drug-likeness (QED) is 0.939. The van der Waals surface area contributed by atoms with Crippen molar-refractivity contribution in [3.05, 3.63) is 54.6 Å². The molecule has 0 saturated carbocycles. The molecule has 3 heterocycles. The second-order valence-corrected chi connectivity index (χ2v) is 6.83. The van der Waals surface area contributed by atoms with Crippen LogP contribution in [-0.2, 0) is 0 Å². The van der Waals surface area contributed by atoms with Crippen LogP contribution in [0.25, 0.3) is 5.57 Å². The van der Waals surface area contributed by atoms with Crippen LogP contribution in [0.5, 0.6) is 5.75 Å². The fraction of sp³-hybridized carbons (Fsp3) is 0.333. The molecule has 23 heavy (non-hydrogen) atoms. The molecular formula is C18H22N4O. The van der Waals surface area contributed by atoms with E-state index in [1.54, 1.807) is 12.4 Å². The molecule has 0 spiro atoms. The Morgan fingerprint density at radius 3 is 2.74 bits per heavy atom. The molecule has 0 saturated heterocycles. The van der Waals surface area contributed by atoms with Crippen LogP contribution < -0.4 is 15.2 Å². The molecule has 1 aliphatic rings. The van der Waals surface area contributed by atoms with Gasteiger partial charge in [0.2, 0.25) is 0 Å². The first-order valence-electron chi connectivity index (χ1n) is 7.73. The average molecular weight is 310 g/mol. The van der Waals surface area contributed by atoms with Crippen LogP contribution in [-0.4, -0.2) is 23.1 Å². The van der Waals surface area contributed by atoms with E-state index in [0.717, 1.165) is 23.7 Å². The van der Waals surface area contributed by atoms with Gasteiger partial charge < -0.3 is 10.2 Å². The number of hydrogen-bond donors (Lipinski definition) is 1. The molecule has 2 aromatic heterocycles. The number of nitrogens with zero attached hydrogens (tertiary/aromatic N) is 3. The van der Waals surface area contributed by atoms with Crippen LogP contribution in [0.15, 0.2) is 49.1 Å². The highest BCUT2D eigenvalue weighted by Crippen LogP contribution is 2.23. The summed E-state index contributed by atoms with van der Waals surface area (Å²) in [6.07, 6.45) is 7.41. The predicted octanol–water partition coefficient (Wildman–Crippen LogP) is 3.27. The van der Waals surface area contributed by atoms with Gasteiger partial charge >= 0.3 is 0 Å². The third kappa shape index (κ3) is 4.00. The van der Waals surface area contributed by atoms with Crippen LogP contribution in [0.3, 0.4) is 0 Å². The maximum Gasteiger partial charge on any atom is 0.147 e. The van der Waals surface area contributed by atoms with Crippen molar-refractivity contribution >= 4 is 11.4 Å². The Bertz CT molecular complexity index is 674. The molecule has 1 N–H and O–H groups in total. The van der Waals surface area contributed by atoms with Crippen molar-refractivity contribution in [2.24, 2.45) is 5.41 Å². The smallest absolute Gasteiger partial charge is 0.147 e. The number of pyridine rings is 2. The van der Waals surface area contributed by atoms with E-state index in [9.17, 15) is 0 Å². The molecule has 0 radical (unpaired) electrons. The van der Waals surface area contributed by atoms with E-state index in [4.69, 9.17) is 4.74 Å². The monoisotopic (exact) mass is 310 g/mol. The Kier molecular flexibility index (Phi) is 4.19. The highest BCUT2D eigenvalue weighted by Gasteiger charge is 2.17. The molecule has 0 fully saturated rings. The van der Waals surface area contributed by atoms with E-state index in [1.165, 1.54) is 5.57 Å². The lowest BCUT2D eigenvalue weighted by Gasteiger charge is -2.20. The summed E-state index contributed by atoms with van der Waals surface area (Å²) in [6.45, 7) is 7.86. The Labute approximate surface area is 137 Å². The summed E-state index contributed by atoms with van der Waals surface area (Å²) in [7, 11) is 0. The molecule has 120 valence electrons. The lowest BCUT2D eigenvalue weighted by Crippen LogP contribution is -2.30. The van der Waals surface area contributed by atoms with E-state index in [0.29, 0.717) is 6.61 Å². The second kappa shape index (κ2) is 6.28. The zero-order valence-electron chi connectivity index (χ0n) is 13.8. The standard InChI is InChI=1S/C18H22N4O/c1-18(2,3)13-23-16-6-7-17(20-11-16)22-12-15(10-21-22)14-5-4-8-19-9-14/h4-11,21H,12-13H2,1-3H3. The van der Waals surface area contributed by atoms with Crippen molar-refractivity contribution in [3.63, 3.8) is 0 Å². The van der Waals surface area contributed by atoms with Crippen molar-refractivity contribution in [2.75, 3.05) is 18.2 Å². The number of rotatable bonds is 4. The second-order valence-electron chi connectivity index (χ2n) is 6.83. The van der Waals surface area contributed by atoms with Gasteiger partial charge in [0.15, 0.2) is 0 Å². The summed E-state index contributed by atoms with van der Waals surface area (Å²) in [4.78, 5) is 8.64. The maximum absolute atomic E-state index is 5.76. The van der Waals surface area contributed by atoms with Gasteiger partial charge in [-0.3, -0.25) is 9.99 Å². The maximum atomic E-state index is 5.76. The van der Waals surface area contributed by atoms with Gasteiger partial charge in [0.1, 0.15) is 11.6 Å². The molecule has 0 aromatic carbocycles. The molecular weight excluding hydrogens is 288 g/mol. The van der Waals surface area contributed by atoms with Crippen molar-refractivity contribution in [1.82, 2.24) is 15.4 Å². The highest BCUT2D eigenvalue weighted by molar-refractivity contribution is 5.71. The summed E-state index contributed by atoms with van der Waals surface area (Å²) in [5.41, 5.74) is 5.68. The van der Waals surface area contributed by atoms with Gasteiger partial charge in [0.05, 0.1) is 19.3 Å². The van der Waals surface area contributed by atoms with E-state index in [2.05, 4.69) is 42.2 Å².